The van der Waals surface area contributed by atoms with E-state index in [1.54, 1.807) is 6.20 Å². The molecule has 0 amide bonds. The van der Waals surface area contributed by atoms with Crippen molar-refractivity contribution in [3.05, 3.63) is 101 Å². The van der Waals surface area contributed by atoms with Crippen molar-refractivity contribution in [1.82, 2.24) is 4.98 Å². The van der Waals surface area contributed by atoms with Crippen molar-refractivity contribution < 1.29 is 9.53 Å². The summed E-state index contributed by atoms with van der Waals surface area (Å²) < 4.78 is 5.93. The molecule has 3 heteroatoms. The maximum atomic E-state index is 12.6. The molecule has 0 atom stereocenters. The van der Waals surface area contributed by atoms with Crippen molar-refractivity contribution >= 4 is 11.9 Å². The van der Waals surface area contributed by atoms with Gasteiger partial charge < -0.3 is 4.74 Å². The van der Waals surface area contributed by atoms with Gasteiger partial charge in [0.1, 0.15) is 12.4 Å². The van der Waals surface area contributed by atoms with Gasteiger partial charge in [0.25, 0.3) is 0 Å². The van der Waals surface area contributed by atoms with Crippen LogP contribution in [-0.4, -0.2) is 10.8 Å². The Kier molecular flexibility index (Phi) is 4.13. The second-order valence-electron chi connectivity index (χ2n) is 5.98. The number of benzene rings is 2. The maximum Gasteiger partial charge on any atom is 0.189 e. The largest absolute Gasteiger partial charge is 0.487 e. The molecule has 3 aromatic rings. The van der Waals surface area contributed by atoms with E-state index in [1.165, 1.54) is 0 Å². The summed E-state index contributed by atoms with van der Waals surface area (Å²) in [5.41, 5.74) is 4.48. The number of ketones is 1. The molecule has 25 heavy (non-hydrogen) atoms. The third-order valence-electron chi connectivity index (χ3n) is 4.28. The van der Waals surface area contributed by atoms with Gasteiger partial charge in [-0.25, -0.2) is 0 Å². The fourth-order valence-corrected chi connectivity index (χ4v) is 3.03. The summed E-state index contributed by atoms with van der Waals surface area (Å²) in [4.78, 5) is 16.8. The molecule has 1 aromatic heterocycles. The fraction of sp³-hybridized carbons (Fsp3) is 0.0909. The van der Waals surface area contributed by atoms with Gasteiger partial charge in [-0.2, -0.15) is 0 Å². The predicted octanol–water partition coefficient (Wildman–Crippen LogP) is 4.48. The van der Waals surface area contributed by atoms with Crippen molar-refractivity contribution in [2.24, 2.45) is 0 Å². The highest BCUT2D eigenvalue weighted by atomic mass is 16.5. The van der Waals surface area contributed by atoms with Crippen molar-refractivity contribution in [3.8, 4) is 5.75 Å². The van der Waals surface area contributed by atoms with Gasteiger partial charge in [-0.3, -0.25) is 9.78 Å². The van der Waals surface area contributed by atoms with Gasteiger partial charge in [-0.05, 0) is 29.8 Å². The third-order valence-corrected chi connectivity index (χ3v) is 4.28. The number of allylic oxidation sites excluding steroid dienone is 1. The molecule has 3 nitrogen and oxygen atoms in total. The number of hydrogen-bond donors (Lipinski definition) is 0. The lowest BCUT2D eigenvalue weighted by Crippen LogP contribution is -2.00. The highest BCUT2D eigenvalue weighted by Crippen LogP contribution is 2.30. The Bertz CT molecular complexity index is 945. The normalized spacial score (nSPS) is 14.6. The van der Waals surface area contributed by atoms with E-state index < -0.39 is 0 Å². The smallest absolute Gasteiger partial charge is 0.189 e. The average molecular weight is 327 g/mol. The number of aromatic nitrogens is 1. The number of hydrogen-bond acceptors (Lipinski definition) is 3. The maximum absolute atomic E-state index is 12.6. The lowest BCUT2D eigenvalue weighted by Gasteiger charge is -2.09. The van der Waals surface area contributed by atoms with Gasteiger partial charge in [0.05, 0.1) is 5.69 Å². The van der Waals surface area contributed by atoms with Crippen LogP contribution in [0.2, 0.25) is 0 Å². The molecule has 0 radical (unpaired) electrons. The van der Waals surface area contributed by atoms with Crippen molar-refractivity contribution in [3.63, 3.8) is 0 Å². The molecule has 0 saturated heterocycles. The predicted molar refractivity (Wildman–Crippen MR) is 97.5 cm³/mol. The van der Waals surface area contributed by atoms with E-state index in [-0.39, 0.29) is 5.78 Å². The third kappa shape index (κ3) is 3.22. The van der Waals surface area contributed by atoms with Crippen molar-refractivity contribution in [1.29, 1.82) is 0 Å². The van der Waals surface area contributed by atoms with Crippen LogP contribution < -0.4 is 4.74 Å². The summed E-state index contributed by atoms with van der Waals surface area (Å²) >= 11 is 0. The van der Waals surface area contributed by atoms with E-state index in [2.05, 4.69) is 4.98 Å². The highest BCUT2D eigenvalue weighted by Gasteiger charge is 2.24. The zero-order valence-electron chi connectivity index (χ0n) is 13.7. The Morgan fingerprint density at radius 1 is 0.960 bits per heavy atom. The first-order chi connectivity index (χ1) is 12.3. The average Bonchev–Trinajstić information content (AvgIpc) is 2.98. The first-order valence-corrected chi connectivity index (χ1v) is 8.26. The molecule has 0 N–H and O–H groups in total. The molecule has 4 rings (SSSR count). The molecule has 0 unspecified atom stereocenters. The minimum Gasteiger partial charge on any atom is -0.487 e. The molecule has 0 saturated carbocycles. The number of para-hydroxylation sites is 1. The minimum absolute atomic E-state index is 0.107. The number of fused-ring (bicyclic) bond motifs is 1. The molecule has 1 aliphatic carbocycles. The summed E-state index contributed by atoms with van der Waals surface area (Å²) in [5.74, 6) is 0.861. The minimum atomic E-state index is 0.107. The van der Waals surface area contributed by atoms with Crippen LogP contribution in [0, 0.1) is 0 Å². The molecule has 2 aromatic carbocycles. The number of carbonyl (C=O) groups is 1. The van der Waals surface area contributed by atoms with Crippen LogP contribution in [-0.2, 0) is 13.0 Å². The molecule has 0 bridgehead atoms. The summed E-state index contributed by atoms with van der Waals surface area (Å²) in [7, 11) is 0. The number of pyridine rings is 1. The van der Waals surface area contributed by atoms with Crippen LogP contribution >= 0.6 is 0 Å². The van der Waals surface area contributed by atoms with E-state index in [9.17, 15) is 4.79 Å². The van der Waals surface area contributed by atoms with Crippen LogP contribution in [0.15, 0.2) is 78.5 Å². The molecular weight excluding hydrogens is 310 g/mol. The SMILES string of the molecule is O=C1/C(=C/c2ccccc2OCc2ccccn2)Cc2ccccc21. The molecular formula is C22H17NO2. The lowest BCUT2D eigenvalue weighted by atomic mass is 10.1. The van der Waals surface area contributed by atoms with Gasteiger partial charge in [-0.1, -0.05) is 48.5 Å². The molecule has 0 aliphatic heterocycles. The second-order valence-corrected chi connectivity index (χ2v) is 5.98. The first kappa shape index (κ1) is 15.3. The van der Waals surface area contributed by atoms with Crippen LogP contribution in [0.4, 0.5) is 0 Å². The molecule has 1 heterocycles. The highest BCUT2D eigenvalue weighted by molar-refractivity contribution is 6.15. The van der Waals surface area contributed by atoms with Gasteiger partial charge in [0, 0.05) is 29.3 Å². The van der Waals surface area contributed by atoms with Crippen LogP contribution in [0.1, 0.15) is 27.2 Å². The number of nitrogens with zero attached hydrogens (tertiary/aromatic N) is 1. The standard InChI is InChI=1S/C22H17NO2/c24-22-18(13-16-7-1-3-10-20(16)22)14-17-8-2-4-11-21(17)25-15-19-9-5-6-12-23-19/h1-12,14H,13,15H2/b18-14+. The van der Waals surface area contributed by atoms with E-state index >= 15 is 0 Å². The number of rotatable bonds is 4. The van der Waals surface area contributed by atoms with Crippen LogP contribution in [0.5, 0.6) is 5.75 Å². The van der Waals surface area contributed by atoms with E-state index in [0.717, 1.165) is 33.7 Å². The van der Waals surface area contributed by atoms with Gasteiger partial charge in [0.15, 0.2) is 5.78 Å². The van der Waals surface area contributed by atoms with Gasteiger partial charge in [-0.15, -0.1) is 0 Å². The molecule has 0 fully saturated rings. The Labute approximate surface area is 146 Å². The summed E-state index contributed by atoms with van der Waals surface area (Å²) in [5, 5.41) is 0. The summed E-state index contributed by atoms with van der Waals surface area (Å²) in [6.07, 6.45) is 4.36. The van der Waals surface area contributed by atoms with Crippen molar-refractivity contribution in [2.75, 3.05) is 0 Å². The molecule has 1 aliphatic rings. The van der Waals surface area contributed by atoms with E-state index in [1.807, 2.05) is 72.8 Å². The number of carbonyl (C=O) groups excluding carboxylic acids is 1. The zero-order chi connectivity index (χ0) is 17.1. The summed E-state index contributed by atoms with van der Waals surface area (Å²) in [6, 6.07) is 21.3. The lowest BCUT2D eigenvalue weighted by molar-refractivity contribution is 0.104. The first-order valence-electron chi connectivity index (χ1n) is 8.26. The monoisotopic (exact) mass is 327 g/mol. The fourth-order valence-electron chi connectivity index (χ4n) is 3.03. The summed E-state index contributed by atoms with van der Waals surface area (Å²) in [6.45, 7) is 0.398. The van der Waals surface area contributed by atoms with Crippen LogP contribution in [0.25, 0.3) is 6.08 Å². The second kappa shape index (κ2) is 6.73. The molecule has 0 spiro atoms. The Balaban J connectivity index is 1.59. The zero-order valence-corrected chi connectivity index (χ0v) is 13.7. The Morgan fingerprint density at radius 2 is 1.76 bits per heavy atom. The molecule has 122 valence electrons. The quantitative estimate of drug-likeness (QED) is 0.663. The van der Waals surface area contributed by atoms with Gasteiger partial charge >= 0.3 is 0 Å². The number of ether oxygens (including phenoxy) is 1. The Hall–Kier alpha value is -3.20. The Morgan fingerprint density at radius 3 is 2.60 bits per heavy atom. The van der Waals surface area contributed by atoms with Gasteiger partial charge in [0.2, 0.25) is 0 Å². The van der Waals surface area contributed by atoms with Crippen molar-refractivity contribution in [2.45, 2.75) is 13.0 Å². The topological polar surface area (TPSA) is 39.2 Å². The number of Topliss-reactive ketones (excluding diaryl/α,β-unsaturated/α-hetero) is 1. The van der Waals surface area contributed by atoms with E-state index in [0.29, 0.717) is 13.0 Å². The van der Waals surface area contributed by atoms with Crippen LogP contribution in [0.3, 0.4) is 0 Å². The van der Waals surface area contributed by atoms with E-state index in [4.69, 9.17) is 4.74 Å².